The summed E-state index contributed by atoms with van der Waals surface area (Å²) in [7, 11) is 1.82. The van der Waals surface area contributed by atoms with Gasteiger partial charge in [0.1, 0.15) is 17.1 Å². The summed E-state index contributed by atoms with van der Waals surface area (Å²) in [5, 5.41) is 6.19. The number of aliphatic imine (C=N–C) groups is 1. The maximum Gasteiger partial charge on any atom is 0.407 e. The van der Waals surface area contributed by atoms with Gasteiger partial charge in [0.05, 0.1) is 6.10 Å². The third kappa shape index (κ3) is 8.26. The van der Waals surface area contributed by atoms with Gasteiger partial charge in [-0.25, -0.2) is 4.79 Å². The molecule has 1 aromatic rings. The largest absolute Gasteiger partial charge is 0.466 e. The Balaban J connectivity index is 1.62. The molecule has 1 aliphatic rings. The second-order valence-corrected chi connectivity index (χ2v) is 8.68. The van der Waals surface area contributed by atoms with Crippen molar-refractivity contribution in [1.82, 2.24) is 15.5 Å². The SMILES string of the molecule is CN=C(NCc1cc(C)oc1C)N1CCC(OCCCNC(=O)OC(C)(C)C)CC1. The number of furan rings is 1. The number of carbonyl (C=O) groups is 1. The molecule has 30 heavy (non-hydrogen) atoms. The normalized spacial score (nSPS) is 15.9. The number of aryl methyl sites for hydroxylation is 2. The Kier molecular flexibility index (Phi) is 9.02. The smallest absolute Gasteiger partial charge is 0.407 e. The van der Waals surface area contributed by atoms with E-state index in [1.807, 2.05) is 41.7 Å². The molecule has 1 aromatic heterocycles. The van der Waals surface area contributed by atoms with E-state index in [1.165, 1.54) is 0 Å². The van der Waals surface area contributed by atoms with Crippen LogP contribution in [-0.4, -0.2) is 61.9 Å². The number of alkyl carbamates (subject to hydrolysis) is 1. The fourth-order valence-electron chi connectivity index (χ4n) is 3.43. The predicted molar refractivity (Wildman–Crippen MR) is 118 cm³/mol. The van der Waals surface area contributed by atoms with Crippen molar-refractivity contribution < 1.29 is 18.7 Å². The molecule has 0 atom stereocenters. The number of nitrogens with zero attached hydrogens (tertiary/aromatic N) is 2. The molecule has 0 aliphatic carbocycles. The molecular weight excluding hydrogens is 384 g/mol. The van der Waals surface area contributed by atoms with Crippen molar-refractivity contribution in [2.75, 3.05) is 33.3 Å². The van der Waals surface area contributed by atoms with Gasteiger partial charge >= 0.3 is 6.09 Å². The lowest BCUT2D eigenvalue weighted by atomic mass is 10.1. The molecule has 0 aromatic carbocycles. The molecule has 1 aliphatic heterocycles. The van der Waals surface area contributed by atoms with E-state index >= 15 is 0 Å². The maximum absolute atomic E-state index is 11.6. The van der Waals surface area contributed by atoms with Crippen LogP contribution in [0.15, 0.2) is 15.5 Å². The number of hydrogen-bond donors (Lipinski definition) is 2. The summed E-state index contributed by atoms with van der Waals surface area (Å²) in [5.41, 5.74) is 0.687. The monoisotopic (exact) mass is 422 g/mol. The van der Waals surface area contributed by atoms with E-state index in [0.717, 1.165) is 55.4 Å². The molecule has 0 spiro atoms. The van der Waals surface area contributed by atoms with Crippen LogP contribution in [-0.2, 0) is 16.0 Å². The lowest BCUT2D eigenvalue weighted by Crippen LogP contribution is -2.46. The molecule has 0 unspecified atom stereocenters. The minimum atomic E-state index is -0.472. The maximum atomic E-state index is 11.6. The summed E-state index contributed by atoms with van der Waals surface area (Å²) >= 11 is 0. The first-order valence-electron chi connectivity index (χ1n) is 10.8. The minimum Gasteiger partial charge on any atom is -0.466 e. The van der Waals surface area contributed by atoms with Crippen molar-refractivity contribution in [3.63, 3.8) is 0 Å². The van der Waals surface area contributed by atoms with E-state index in [4.69, 9.17) is 13.9 Å². The van der Waals surface area contributed by atoms with Gasteiger partial charge in [-0.15, -0.1) is 0 Å². The first kappa shape index (κ1) is 24.1. The zero-order chi connectivity index (χ0) is 22.1. The zero-order valence-corrected chi connectivity index (χ0v) is 19.3. The summed E-state index contributed by atoms with van der Waals surface area (Å²) in [6.45, 7) is 13.2. The molecule has 8 nitrogen and oxygen atoms in total. The number of amides is 1. The Labute approximate surface area is 180 Å². The molecule has 2 heterocycles. The summed E-state index contributed by atoms with van der Waals surface area (Å²) in [5.74, 6) is 2.79. The molecule has 1 fully saturated rings. The second-order valence-electron chi connectivity index (χ2n) is 8.68. The number of ether oxygens (including phenoxy) is 2. The second kappa shape index (κ2) is 11.2. The Morgan fingerprint density at radius 1 is 1.27 bits per heavy atom. The van der Waals surface area contributed by atoms with Gasteiger partial charge in [0, 0.05) is 45.4 Å². The molecule has 0 bridgehead atoms. The molecule has 2 rings (SSSR count). The number of piperidine rings is 1. The van der Waals surface area contributed by atoms with Crippen LogP contribution in [0.5, 0.6) is 0 Å². The fourth-order valence-corrected chi connectivity index (χ4v) is 3.43. The third-order valence-electron chi connectivity index (χ3n) is 4.88. The van der Waals surface area contributed by atoms with E-state index in [2.05, 4.69) is 26.6 Å². The summed E-state index contributed by atoms with van der Waals surface area (Å²) in [6.07, 6.45) is 2.57. The average molecular weight is 423 g/mol. The van der Waals surface area contributed by atoms with Crippen LogP contribution < -0.4 is 10.6 Å². The molecular formula is C22H38N4O4. The average Bonchev–Trinajstić information content (AvgIpc) is 2.99. The highest BCUT2D eigenvalue weighted by atomic mass is 16.6. The Hall–Kier alpha value is -2.22. The van der Waals surface area contributed by atoms with Crippen molar-refractivity contribution in [3.8, 4) is 0 Å². The number of guanidine groups is 1. The summed E-state index contributed by atoms with van der Waals surface area (Å²) in [4.78, 5) is 18.3. The fraction of sp³-hybridized carbons (Fsp3) is 0.727. The van der Waals surface area contributed by atoms with E-state index in [1.54, 1.807) is 0 Å². The minimum absolute atomic E-state index is 0.250. The molecule has 0 radical (unpaired) electrons. The Morgan fingerprint density at radius 3 is 2.53 bits per heavy atom. The van der Waals surface area contributed by atoms with Crippen LogP contribution in [0, 0.1) is 13.8 Å². The number of carbonyl (C=O) groups excluding carboxylic acids is 1. The quantitative estimate of drug-likeness (QED) is 0.398. The van der Waals surface area contributed by atoms with Gasteiger partial charge in [0.25, 0.3) is 0 Å². The molecule has 1 saturated heterocycles. The molecule has 2 N–H and O–H groups in total. The molecule has 1 amide bonds. The highest BCUT2D eigenvalue weighted by Gasteiger charge is 2.22. The number of hydrogen-bond acceptors (Lipinski definition) is 5. The van der Waals surface area contributed by atoms with Crippen LogP contribution in [0.25, 0.3) is 0 Å². The Bertz CT molecular complexity index is 700. The topological polar surface area (TPSA) is 88.3 Å². The standard InChI is InChI=1S/C22H38N4O4/c1-16-14-18(17(2)29-16)15-25-20(23-6)26-11-8-19(9-12-26)28-13-7-10-24-21(27)30-22(3,4)5/h14,19H,7-13,15H2,1-6H3,(H,23,25)(H,24,27). The zero-order valence-electron chi connectivity index (χ0n) is 19.3. The van der Waals surface area contributed by atoms with Crippen LogP contribution in [0.1, 0.15) is 57.1 Å². The van der Waals surface area contributed by atoms with Crippen LogP contribution in [0.4, 0.5) is 4.79 Å². The first-order valence-corrected chi connectivity index (χ1v) is 10.8. The van der Waals surface area contributed by atoms with Crippen LogP contribution in [0.3, 0.4) is 0 Å². The van der Waals surface area contributed by atoms with Crippen molar-refractivity contribution >= 4 is 12.1 Å². The van der Waals surface area contributed by atoms with Crippen molar-refractivity contribution in [2.24, 2.45) is 4.99 Å². The molecule has 0 saturated carbocycles. The van der Waals surface area contributed by atoms with Gasteiger partial charge in [0.2, 0.25) is 0 Å². The lowest BCUT2D eigenvalue weighted by molar-refractivity contribution is 0.0170. The predicted octanol–water partition coefficient (Wildman–Crippen LogP) is 3.37. The Morgan fingerprint density at radius 2 is 1.97 bits per heavy atom. The number of nitrogens with one attached hydrogen (secondary N) is 2. The summed E-state index contributed by atoms with van der Waals surface area (Å²) < 4.78 is 16.8. The van der Waals surface area contributed by atoms with Gasteiger partial charge in [-0.1, -0.05) is 0 Å². The van der Waals surface area contributed by atoms with Crippen molar-refractivity contribution in [3.05, 3.63) is 23.2 Å². The van der Waals surface area contributed by atoms with Gasteiger partial charge in [0.15, 0.2) is 5.96 Å². The van der Waals surface area contributed by atoms with Crippen LogP contribution in [0.2, 0.25) is 0 Å². The van der Waals surface area contributed by atoms with E-state index in [9.17, 15) is 4.79 Å². The van der Waals surface area contributed by atoms with Gasteiger partial charge in [-0.3, -0.25) is 4.99 Å². The van der Waals surface area contributed by atoms with E-state index < -0.39 is 5.60 Å². The van der Waals surface area contributed by atoms with Crippen molar-refractivity contribution in [2.45, 2.75) is 72.1 Å². The first-order chi connectivity index (χ1) is 14.2. The third-order valence-corrected chi connectivity index (χ3v) is 4.88. The lowest BCUT2D eigenvalue weighted by Gasteiger charge is -2.34. The van der Waals surface area contributed by atoms with Gasteiger partial charge < -0.3 is 29.4 Å². The highest BCUT2D eigenvalue weighted by molar-refractivity contribution is 5.80. The van der Waals surface area contributed by atoms with E-state index in [-0.39, 0.29) is 12.2 Å². The van der Waals surface area contributed by atoms with Crippen molar-refractivity contribution in [1.29, 1.82) is 0 Å². The van der Waals surface area contributed by atoms with Crippen LogP contribution >= 0.6 is 0 Å². The van der Waals surface area contributed by atoms with Gasteiger partial charge in [-0.2, -0.15) is 0 Å². The highest BCUT2D eigenvalue weighted by Crippen LogP contribution is 2.16. The van der Waals surface area contributed by atoms with E-state index in [0.29, 0.717) is 19.7 Å². The molecule has 170 valence electrons. The number of rotatable bonds is 7. The van der Waals surface area contributed by atoms with Gasteiger partial charge in [-0.05, 0) is 59.9 Å². The molecule has 8 heteroatoms. The number of likely N-dealkylation sites (tertiary alicyclic amines) is 1. The summed E-state index contributed by atoms with van der Waals surface area (Å²) in [6, 6.07) is 2.06.